The molecule has 1 heterocycles. The number of halogens is 1. The van der Waals surface area contributed by atoms with E-state index in [0.29, 0.717) is 17.3 Å². The van der Waals surface area contributed by atoms with Gasteiger partial charge in [-0.1, -0.05) is 17.7 Å². The van der Waals surface area contributed by atoms with Crippen LogP contribution >= 0.6 is 11.6 Å². The van der Waals surface area contributed by atoms with Crippen molar-refractivity contribution in [2.75, 3.05) is 0 Å². The van der Waals surface area contributed by atoms with Crippen molar-refractivity contribution in [3.8, 4) is 11.5 Å². The smallest absolute Gasteiger partial charge is 0.146 e. The van der Waals surface area contributed by atoms with Crippen LogP contribution < -0.4 is 10.5 Å². The summed E-state index contributed by atoms with van der Waals surface area (Å²) in [6, 6.07) is 7.40. The van der Waals surface area contributed by atoms with Gasteiger partial charge in [-0.3, -0.25) is 4.98 Å². The van der Waals surface area contributed by atoms with Crippen molar-refractivity contribution < 1.29 is 4.74 Å². The number of benzene rings is 1. The second-order valence-corrected chi connectivity index (χ2v) is 4.18. The normalized spacial score (nSPS) is 10.3. The SMILES string of the molecule is Cc1ccc(Cl)cc1Oc1cncc(CN)c1. The summed E-state index contributed by atoms with van der Waals surface area (Å²) in [5.74, 6) is 1.40. The van der Waals surface area contributed by atoms with Gasteiger partial charge in [-0.25, -0.2) is 0 Å². The first-order chi connectivity index (χ1) is 8.19. The number of pyridine rings is 1. The Morgan fingerprint density at radius 1 is 1.29 bits per heavy atom. The van der Waals surface area contributed by atoms with Crippen LogP contribution in [-0.4, -0.2) is 4.98 Å². The quantitative estimate of drug-likeness (QED) is 0.907. The minimum absolute atomic E-state index is 0.443. The van der Waals surface area contributed by atoms with Crippen LogP contribution in [0.5, 0.6) is 11.5 Å². The van der Waals surface area contributed by atoms with Gasteiger partial charge in [0.15, 0.2) is 0 Å². The molecule has 4 heteroatoms. The maximum atomic E-state index is 5.93. The summed E-state index contributed by atoms with van der Waals surface area (Å²) >= 11 is 5.93. The molecule has 0 amide bonds. The fraction of sp³-hybridized carbons (Fsp3) is 0.154. The van der Waals surface area contributed by atoms with E-state index in [0.717, 1.165) is 16.9 Å². The van der Waals surface area contributed by atoms with E-state index in [2.05, 4.69) is 4.98 Å². The number of nitrogens with zero attached hydrogens (tertiary/aromatic N) is 1. The molecule has 1 aromatic heterocycles. The number of ether oxygens (including phenoxy) is 1. The van der Waals surface area contributed by atoms with Gasteiger partial charge >= 0.3 is 0 Å². The molecule has 17 heavy (non-hydrogen) atoms. The molecule has 0 aliphatic carbocycles. The first-order valence-electron chi connectivity index (χ1n) is 5.27. The van der Waals surface area contributed by atoms with Gasteiger partial charge in [0, 0.05) is 17.8 Å². The third-order valence-electron chi connectivity index (χ3n) is 2.38. The molecule has 2 rings (SSSR count). The summed E-state index contributed by atoms with van der Waals surface area (Å²) in [7, 11) is 0. The molecule has 0 fully saturated rings. The zero-order valence-corrected chi connectivity index (χ0v) is 10.2. The molecule has 3 nitrogen and oxygen atoms in total. The van der Waals surface area contributed by atoms with Gasteiger partial charge < -0.3 is 10.5 Å². The van der Waals surface area contributed by atoms with Gasteiger partial charge in [0.05, 0.1) is 6.20 Å². The zero-order valence-electron chi connectivity index (χ0n) is 9.48. The largest absolute Gasteiger partial charge is 0.455 e. The Morgan fingerprint density at radius 3 is 2.88 bits per heavy atom. The number of aryl methyl sites for hydroxylation is 1. The maximum absolute atomic E-state index is 5.93. The van der Waals surface area contributed by atoms with Gasteiger partial charge in [0.25, 0.3) is 0 Å². The summed E-state index contributed by atoms with van der Waals surface area (Å²) in [6.07, 6.45) is 3.37. The van der Waals surface area contributed by atoms with Crippen LogP contribution in [0.4, 0.5) is 0 Å². The molecule has 0 aliphatic heterocycles. The van der Waals surface area contributed by atoms with Gasteiger partial charge in [-0.15, -0.1) is 0 Å². The average molecular weight is 249 g/mol. The van der Waals surface area contributed by atoms with Crippen LogP contribution in [0.25, 0.3) is 0 Å². The van der Waals surface area contributed by atoms with Crippen LogP contribution in [-0.2, 0) is 6.54 Å². The lowest BCUT2D eigenvalue weighted by Gasteiger charge is -2.09. The van der Waals surface area contributed by atoms with Crippen LogP contribution in [0.2, 0.25) is 5.02 Å². The minimum atomic E-state index is 0.443. The molecule has 1 aromatic carbocycles. The third kappa shape index (κ3) is 2.96. The highest BCUT2D eigenvalue weighted by molar-refractivity contribution is 6.30. The molecular weight excluding hydrogens is 236 g/mol. The van der Waals surface area contributed by atoms with E-state index in [9.17, 15) is 0 Å². The highest BCUT2D eigenvalue weighted by Crippen LogP contribution is 2.27. The Balaban J connectivity index is 2.27. The van der Waals surface area contributed by atoms with Crippen molar-refractivity contribution in [1.82, 2.24) is 4.98 Å². The molecule has 88 valence electrons. The van der Waals surface area contributed by atoms with E-state index in [4.69, 9.17) is 22.1 Å². The summed E-state index contributed by atoms with van der Waals surface area (Å²) < 4.78 is 5.73. The molecule has 0 bridgehead atoms. The Morgan fingerprint density at radius 2 is 2.12 bits per heavy atom. The van der Waals surface area contributed by atoms with Gasteiger partial charge in [-0.2, -0.15) is 0 Å². The van der Waals surface area contributed by atoms with Crippen molar-refractivity contribution in [1.29, 1.82) is 0 Å². The van der Waals surface area contributed by atoms with Crippen LogP contribution in [0.1, 0.15) is 11.1 Å². The Hall–Kier alpha value is -1.58. The number of rotatable bonds is 3. The molecule has 0 radical (unpaired) electrons. The number of hydrogen-bond acceptors (Lipinski definition) is 3. The predicted octanol–water partition coefficient (Wildman–Crippen LogP) is 3.29. The van der Waals surface area contributed by atoms with E-state index >= 15 is 0 Å². The van der Waals surface area contributed by atoms with E-state index in [1.165, 1.54) is 0 Å². The Kier molecular flexibility index (Phi) is 3.61. The third-order valence-corrected chi connectivity index (χ3v) is 2.62. The molecular formula is C13H13ClN2O. The summed E-state index contributed by atoms with van der Waals surface area (Å²) in [4.78, 5) is 4.07. The fourth-order valence-corrected chi connectivity index (χ4v) is 1.60. The van der Waals surface area contributed by atoms with E-state index < -0.39 is 0 Å². The highest BCUT2D eigenvalue weighted by Gasteiger charge is 2.03. The average Bonchev–Trinajstić information content (AvgIpc) is 2.34. The number of aromatic nitrogens is 1. The van der Waals surface area contributed by atoms with E-state index in [1.54, 1.807) is 18.5 Å². The topological polar surface area (TPSA) is 48.1 Å². The predicted molar refractivity (Wildman–Crippen MR) is 68.4 cm³/mol. The van der Waals surface area contributed by atoms with Crippen LogP contribution in [0, 0.1) is 6.92 Å². The standard InChI is InChI=1S/C13H13ClN2O/c1-9-2-3-11(14)5-13(9)17-12-4-10(6-15)7-16-8-12/h2-5,7-8H,6,15H2,1H3. The molecule has 2 aromatic rings. The molecule has 0 atom stereocenters. The van der Waals surface area contributed by atoms with Crippen LogP contribution in [0.3, 0.4) is 0 Å². The second-order valence-electron chi connectivity index (χ2n) is 3.74. The van der Waals surface area contributed by atoms with Crippen molar-refractivity contribution in [3.05, 3.63) is 52.8 Å². The Labute approximate surface area is 105 Å². The molecule has 2 N–H and O–H groups in total. The fourth-order valence-electron chi connectivity index (χ4n) is 1.44. The molecule has 0 saturated heterocycles. The maximum Gasteiger partial charge on any atom is 0.146 e. The Bertz CT molecular complexity index is 529. The number of nitrogens with two attached hydrogens (primary N) is 1. The summed E-state index contributed by atoms with van der Waals surface area (Å²) in [6.45, 7) is 2.41. The second kappa shape index (κ2) is 5.17. The lowest BCUT2D eigenvalue weighted by Crippen LogP contribution is -1.97. The van der Waals surface area contributed by atoms with E-state index in [-0.39, 0.29) is 0 Å². The highest BCUT2D eigenvalue weighted by atomic mass is 35.5. The van der Waals surface area contributed by atoms with Crippen molar-refractivity contribution >= 4 is 11.6 Å². The minimum Gasteiger partial charge on any atom is -0.455 e. The van der Waals surface area contributed by atoms with Crippen LogP contribution in [0.15, 0.2) is 36.7 Å². The molecule has 0 saturated carbocycles. The van der Waals surface area contributed by atoms with Gasteiger partial charge in [0.1, 0.15) is 11.5 Å². The first kappa shape index (κ1) is 11.9. The first-order valence-corrected chi connectivity index (χ1v) is 5.65. The summed E-state index contributed by atoms with van der Waals surface area (Å²) in [5.41, 5.74) is 7.50. The van der Waals surface area contributed by atoms with Gasteiger partial charge in [-0.05, 0) is 36.2 Å². The van der Waals surface area contributed by atoms with Gasteiger partial charge in [0.2, 0.25) is 0 Å². The monoisotopic (exact) mass is 248 g/mol. The zero-order chi connectivity index (χ0) is 12.3. The van der Waals surface area contributed by atoms with Crippen molar-refractivity contribution in [2.45, 2.75) is 13.5 Å². The molecule has 0 unspecified atom stereocenters. The van der Waals surface area contributed by atoms with Crippen molar-refractivity contribution in [2.24, 2.45) is 5.73 Å². The molecule has 0 spiro atoms. The number of hydrogen-bond donors (Lipinski definition) is 1. The molecule has 0 aliphatic rings. The van der Waals surface area contributed by atoms with E-state index in [1.807, 2.05) is 25.1 Å². The lowest BCUT2D eigenvalue weighted by atomic mass is 10.2. The summed E-state index contributed by atoms with van der Waals surface area (Å²) in [5, 5.41) is 0.647. The van der Waals surface area contributed by atoms with Crippen molar-refractivity contribution in [3.63, 3.8) is 0 Å². The lowest BCUT2D eigenvalue weighted by molar-refractivity contribution is 0.476.